The fourth-order valence-corrected chi connectivity index (χ4v) is 2.55. The molecule has 0 spiro atoms. The molecule has 0 radical (unpaired) electrons. The number of ether oxygens (including phenoxy) is 2. The predicted molar refractivity (Wildman–Crippen MR) is 49.2 cm³/mol. The first-order valence-corrected chi connectivity index (χ1v) is 5.02. The van der Waals surface area contributed by atoms with Gasteiger partial charge >= 0.3 is 0 Å². The van der Waals surface area contributed by atoms with Crippen molar-refractivity contribution in [1.29, 1.82) is 0 Å². The Morgan fingerprint density at radius 1 is 1.54 bits per heavy atom. The summed E-state index contributed by atoms with van der Waals surface area (Å²) in [5.74, 6) is 1.68. The molecule has 3 atom stereocenters. The van der Waals surface area contributed by atoms with Crippen molar-refractivity contribution in [3.63, 3.8) is 0 Å². The highest BCUT2D eigenvalue weighted by Gasteiger charge is 2.49. The van der Waals surface area contributed by atoms with Crippen LogP contribution in [0.2, 0.25) is 0 Å². The number of epoxide rings is 1. The number of methoxy groups -OCH3 is 1. The van der Waals surface area contributed by atoms with Crippen LogP contribution in [0.5, 0.6) is 0 Å². The SMILES string of the molecule is COC1=C[C@@H]2O[C@H]2[C@@H]2CCCC=C12. The lowest BCUT2D eigenvalue weighted by atomic mass is 9.80. The summed E-state index contributed by atoms with van der Waals surface area (Å²) >= 11 is 0. The molecule has 13 heavy (non-hydrogen) atoms. The molecule has 0 N–H and O–H groups in total. The molecular weight excluding hydrogens is 164 g/mol. The standard InChI is InChI=1S/C11H14O2/c1-12-9-6-10-11(13-10)8-5-3-2-4-7(8)9/h4,6,8,10-11H,2-3,5H2,1H3/t8-,10+,11+/m1/s1. The van der Waals surface area contributed by atoms with Crippen LogP contribution in [0.15, 0.2) is 23.5 Å². The van der Waals surface area contributed by atoms with Crippen LogP contribution in [-0.2, 0) is 9.47 Å². The van der Waals surface area contributed by atoms with Crippen LogP contribution in [0.25, 0.3) is 0 Å². The van der Waals surface area contributed by atoms with Crippen LogP contribution < -0.4 is 0 Å². The van der Waals surface area contributed by atoms with Gasteiger partial charge in [0, 0.05) is 5.92 Å². The zero-order chi connectivity index (χ0) is 8.84. The van der Waals surface area contributed by atoms with Crippen LogP contribution in [-0.4, -0.2) is 19.3 Å². The van der Waals surface area contributed by atoms with Crippen LogP contribution in [0, 0.1) is 5.92 Å². The third-order valence-corrected chi connectivity index (χ3v) is 3.26. The molecule has 3 aliphatic rings. The maximum Gasteiger partial charge on any atom is 0.120 e. The lowest BCUT2D eigenvalue weighted by Crippen LogP contribution is -2.22. The van der Waals surface area contributed by atoms with Crippen molar-refractivity contribution in [3.8, 4) is 0 Å². The second-order valence-corrected chi connectivity index (χ2v) is 4.00. The summed E-state index contributed by atoms with van der Waals surface area (Å²) in [7, 11) is 1.75. The van der Waals surface area contributed by atoms with Crippen molar-refractivity contribution in [3.05, 3.63) is 23.5 Å². The molecule has 0 bridgehead atoms. The Hall–Kier alpha value is -0.760. The lowest BCUT2D eigenvalue weighted by molar-refractivity contribution is 0.274. The van der Waals surface area contributed by atoms with E-state index >= 15 is 0 Å². The van der Waals surface area contributed by atoms with Gasteiger partial charge in [0.1, 0.15) is 11.9 Å². The van der Waals surface area contributed by atoms with Gasteiger partial charge < -0.3 is 9.47 Å². The number of rotatable bonds is 1. The van der Waals surface area contributed by atoms with E-state index in [-0.39, 0.29) is 0 Å². The summed E-state index contributed by atoms with van der Waals surface area (Å²) in [6.45, 7) is 0. The van der Waals surface area contributed by atoms with E-state index in [1.807, 2.05) is 0 Å². The second-order valence-electron chi connectivity index (χ2n) is 4.00. The molecule has 1 aliphatic heterocycles. The monoisotopic (exact) mass is 178 g/mol. The first kappa shape index (κ1) is 7.63. The van der Waals surface area contributed by atoms with Gasteiger partial charge in [-0.1, -0.05) is 6.08 Å². The van der Waals surface area contributed by atoms with Crippen molar-refractivity contribution in [1.82, 2.24) is 0 Å². The molecule has 0 aromatic heterocycles. The Morgan fingerprint density at radius 3 is 3.31 bits per heavy atom. The second kappa shape index (κ2) is 2.61. The minimum Gasteiger partial charge on any atom is -0.497 e. The third kappa shape index (κ3) is 1.05. The highest BCUT2D eigenvalue weighted by molar-refractivity contribution is 5.38. The molecule has 1 fully saturated rings. The van der Waals surface area contributed by atoms with E-state index in [2.05, 4.69) is 12.2 Å². The maximum atomic E-state index is 5.58. The van der Waals surface area contributed by atoms with E-state index in [0.717, 1.165) is 5.76 Å². The van der Waals surface area contributed by atoms with E-state index in [1.165, 1.54) is 24.8 Å². The number of fused-ring (bicyclic) bond motifs is 3. The zero-order valence-corrected chi connectivity index (χ0v) is 7.82. The van der Waals surface area contributed by atoms with Gasteiger partial charge in [-0.25, -0.2) is 0 Å². The minimum absolute atomic E-state index is 0.357. The molecule has 1 heterocycles. The average Bonchev–Trinajstić information content (AvgIpc) is 2.95. The number of hydrogen-bond acceptors (Lipinski definition) is 2. The largest absolute Gasteiger partial charge is 0.497 e. The van der Waals surface area contributed by atoms with Gasteiger partial charge in [-0.2, -0.15) is 0 Å². The van der Waals surface area contributed by atoms with E-state index in [0.29, 0.717) is 18.1 Å². The van der Waals surface area contributed by atoms with Crippen molar-refractivity contribution in [2.24, 2.45) is 5.92 Å². The van der Waals surface area contributed by atoms with Gasteiger partial charge in [0.2, 0.25) is 0 Å². The summed E-state index contributed by atoms with van der Waals surface area (Å²) in [4.78, 5) is 0. The van der Waals surface area contributed by atoms with Crippen molar-refractivity contribution < 1.29 is 9.47 Å². The fourth-order valence-electron chi connectivity index (χ4n) is 2.55. The molecule has 2 nitrogen and oxygen atoms in total. The first-order valence-electron chi connectivity index (χ1n) is 5.02. The maximum absolute atomic E-state index is 5.58. The molecule has 0 unspecified atom stereocenters. The van der Waals surface area contributed by atoms with E-state index in [9.17, 15) is 0 Å². The van der Waals surface area contributed by atoms with Crippen molar-refractivity contribution in [2.45, 2.75) is 31.5 Å². The Balaban J connectivity index is 1.99. The van der Waals surface area contributed by atoms with Gasteiger partial charge in [-0.05, 0) is 30.9 Å². The van der Waals surface area contributed by atoms with Gasteiger partial charge in [-0.15, -0.1) is 0 Å². The Kier molecular flexibility index (Phi) is 1.53. The molecule has 0 amide bonds. The number of allylic oxidation sites excluding steroid dienone is 2. The zero-order valence-electron chi connectivity index (χ0n) is 7.82. The Morgan fingerprint density at radius 2 is 2.46 bits per heavy atom. The molecule has 0 aromatic rings. The van der Waals surface area contributed by atoms with Crippen molar-refractivity contribution >= 4 is 0 Å². The topological polar surface area (TPSA) is 21.8 Å². The minimum atomic E-state index is 0.357. The molecule has 1 saturated heterocycles. The van der Waals surface area contributed by atoms with Gasteiger partial charge in [-0.3, -0.25) is 0 Å². The van der Waals surface area contributed by atoms with Gasteiger partial charge in [0.15, 0.2) is 0 Å². The van der Waals surface area contributed by atoms with Crippen LogP contribution in [0.3, 0.4) is 0 Å². The summed E-state index contributed by atoms with van der Waals surface area (Å²) < 4.78 is 11.0. The summed E-state index contributed by atoms with van der Waals surface area (Å²) in [6.07, 6.45) is 9.05. The normalized spacial score (nSPS) is 41.2. The Labute approximate surface area is 78.2 Å². The van der Waals surface area contributed by atoms with Gasteiger partial charge in [0.25, 0.3) is 0 Å². The van der Waals surface area contributed by atoms with Gasteiger partial charge in [0.05, 0.1) is 13.2 Å². The molecule has 2 aliphatic carbocycles. The van der Waals surface area contributed by atoms with Crippen LogP contribution in [0.1, 0.15) is 19.3 Å². The summed E-state index contributed by atoms with van der Waals surface area (Å²) in [5.41, 5.74) is 1.40. The fraction of sp³-hybridized carbons (Fsp3) is 0.636. The van der Waals surface area contributed by atoms with E-state index in [1.54, 1.807) is 7.11 Å². The van der Waals surface area contributed by atoms with Crippen LogP contribution in [0.4, 0.5) is 0 Å². The Bertz CT molecular complexity index is 290. The molecule has 0 saturated carbocycles. The van der Waals surface area contributed by atoms with E-state index < -0.39 is 0 Å². The van der Waals surface area contributed by atoms with Crippen molar-refractivity contribution in [2.75, 3.05) is 7.11 Å². The van der Waals surface area contributed by atoms with Crippen LogP contribution >= 0.6 is 0 Å². The number of hydrogen-bond donors (Lipinski definition) is 0. The average molecular weight is 178 g/mol. The molecule has 0 aromatic carbocycles. The quantitative estimate of drug-likeness (QED) is 0.573. The highest BCUT2D eigenvalue weighted by atomic mass is 16.6. The first-order chi connectivity index (χ1) is 6.40. The molecule has 3 rings (SSSR count). The summed E-state index contributed by atoms with van der Waals surface area (Å²) in [6, 6.07) is 0. The molecule has 70 valence electrons. The van der Waals surface area contributed by atoms with E-state index in [4.69, 9.17) is 9.47 Å². The molecule has 2 heteroatoms. The highest BCUT2D eigenvalue weighted by Crippen LogP contribution is 2.46. The molecular formula is C11H14O2. The predicted octanol–water partition coefficient (Wildman–Crippen LogP) is 2.02. The summed E-state index contributed by atoms with van der Waals surface area (Å²) in [5, 5.41) is 0. The lowest BCUT2D eigenvalue weighted by Gasteiger charge is -2.26. The third-order valence-electron chi connectivity index (χ3n) is 3.26. The smallest absolute Gasteiger partial charge is 0.120 e.